The van der Waals surface area contributed by atoms with Crippen molar-refractivity contribution in [3.8, 4) is 0 Å². The van der Waals surface area contributed by atoms with E-state index in [1.165, 1.54) is 11.8 Å². The van der Waals surface area contributed by atoms with Crippen molar-refractivity contribution in [1.29, 1.82) is 0 Å². The summed E-state index contributed by atoms with van der Waals surface area (Å²) in [6, 6.07) is 2.89. The van der Waals surface area contributed by atoms with E-state index in [0.29, 0.717) is 25.2 Å². The molecule has 1 atom stereocenters. The van der Waals surface area contributed by atoms with Gasteiger partial charge in [0.25, 0.3) is 0 Å². The Morgan fingerprint density at radius 2 is 2.11 bits per heavy atom. The van der Waals surface area contributed by atoms with Gasteiger partial charge in [0.2, 0.25) is 10.0 Å². The first kappa shape index (κ1) is 14.0. The van der Waals surface area contributed by atoms with Gasteiger partial charge in [-0.15, -0.1) is 0 Å². The summed E-state index contributed by atoms with van der Waals surface area (Å²) in [4.78, 5) is 0. The van der Waals surface area contributed by atoms with Gasteiger partial charge in [-0.1, -0.05) is 0 Å². The molecule has 0 amide bonds. The van der Waals surface area contributed by atoms with E-state index in [-0.39, 0.29) is 0 Å². The molecule has 102 valence electrons. The van der Waals surface area contributed by atoms with Crippen molar-refractivity contribution >= 4 is 21.4 Å². The van der Waals surface area contributed by atoms with E-state index in [1.54, 1.807) is 15.6 Å². The first-order valence-corrected chi connectivity index (χ1v) is 8.99. The monoisotopic (exact) mass is 288 g/mol. The predicted octanol–water partition coefficient (Wildman–Crippen LogP) is 1.82. The zero-order valence-corrected chi connectivity index (χ0v) is 12.4. The van der Waals surface area contributed by atoms with Crippen molar-refractivity contribution in [3.63, 3.8) is 0 Å². The Bertz CT molecular complexity index is 462. The van der Waals surface area contributed by atoms with E-state index in [2.05, 4.69) is 29.1 Å². The van der Waals surface area contributed by atoms with E-state index < -0.39 is 10.0 Å². The molecule has 4 nitrogen and oxygen atoms in total. The van der Waals surface area contributed by atoms with Crippen molar-refractivity contribution < 1.29 is 8.42 Å². The number of rotatable bonds is 4. The average molecular weight is 288 g/mol. The predicted molar refractivity (Wildman–Crippen MR) is 75.3 cm³/mol. The van der Waals surface area contributed by atoms with Gasteiger partial charge in [0, 0.05) is 25.2 Å². The van der Waals surface area contributed by atoms with Crippen LogP contribution < -0.4 is 5.32 Å². The molecule has 6 heteroatoms. The maximum atomic E-state index is 11.4. The molecule has 1 aliphatic rings. The molecule has 1 unspecified atom stereocenters. The van der Waals surface area contributed by atoms with Crippen LogP contribution in [-0.2, 0) is 10.0 Å². The third-order valence-electron chi connectivity index (χ3n) is 3.45. The highest BCUT2D eigenvalue weighted by atomic mass is 32.2. The lowest BCUT2D eigenvalue weighted by molar-refractivity contribution is 0.278. The fourth-order valence-corrected chi connectivity index (χ4v) is 3.95. The largest absolute Gasteiger partial charge is 0.307 e. The summed E-state index contributed by atoms with van der Waals surface area (Å²) in [6.07, 6.45) is 3.07. The fourth-order valence-electron chi connectivity index (χ4n) is 2.33. The summed E-state index contributed by atoms with van der Waals surface area (Å²) in [5.41, 5.74) is 1.31. The van der Waals surface area contributed by atoms with Crippen LogP contribution in [0.1, 0.15) is 31.4 Å². The third-order valence-corrected chi connectivity index (χ3v) is 5.46. The van der Waals surface area contributed by atoms with Gasteiger partial charge in [0.1, 0.15) is 0 Å². The Balaban J connectivity index is 1.84. The van der Waals surface area contributed by atoms with E-state index in [0.717, 1.165) is 12.8 Å². The Kier molecular flexibility index (Phi) is 4.42. The minimum absolute atomic E-state index is 0.339. The number of sulfonamides is 1. The number of hydrogen-bond acceptors (Lipinski definition) is 4. The number of hydrogen-bond donors (Lipinski definition) is 1. The highest BCUT2D eigenvalue weighted by Crippen LogP contribution is 2.20. The molecule has 1 N–H and O–H groups in total. The molecule has 1 fully saturated rings. The second kappa shape index (κ2) is 5.69. The molecule has 0 saturated carbocycles. The second-order valence-electron chi connectivity index (χ2n) is 4.88. The van der Waals surface area contributed by atoms with Gasteiger partial charge in [-0.2, -0.15) is 11.3 Å². The maximum Gasteiger partial charge on any atom is 0.211 e. The van der Waals surface area contributed by atoms with Crippen LogP contribution in [0, 0.1) is 0 Å². The quantitative estimate of drug-likeness (QED) is 0.919. The van der Waals surface area contributed by atoms with Gasteiger partial charge < -0.3 is 5.32 Å². The number of piperidine rings is 1. The molecular formula is C12H20N2O2S2. The highest BCUT2D eigenvalue weighted by Gasteiger charge is 2.25. The first-order valence-electron chi connectivity index (χ1n) is 6.20. The van der Waals surface area contributed by atoms with E-state index >= 15 is 0 Å². The molecule has 2 rings (SSSR count). The normalized spacial score (nSPS) is 21.0. The van der Waals surface area contributed by atoms with Crippen molar-refractivity contribution in [3.05, 3.63) is 22.4 Å². The van der Waals surface area contributed by atoms with Gasteiger partial charge in [-0.05, 0) is 42.2 Å². The molecule has 2 heterocycles. The Morgan fingerprint density at radius 3 is 2.61 bits per heavy atom. The van der Waals surface area contributed by atoms with Crippen molar-refractivity contribution in [1.82, 2.24) is 9.62 Å². The van der Waals surface area contributed by atoms with Crippen LogP contribution in [0.5, 0.6) is 0 Å². The van der Waals surface area contributed by atoms with Crippen LogP contribution >= 0.6 is 11.3 Å². The van der Waals surface area contributed by atoms with Crippen molar-refractivity contribution in [2.24, 2.45) is 0 Å². The minimum atomic E-state index is -3.01. The van der Waals surface area contributed by atoms with Crippen molar-refractivity contribution in [2.75, 3.05) is 19.3 Å². The van der Waals surface area contributed by atoms with Crippen molar-refractivity contribution in [2.45, 2.75) is 31.8 Å². The first-order chi connectivity index (χ1) is 8.47. The Hall–Kier alpha value is -0.430. The smallest absolute Gasteiger partial charge is 0.211 e. The Morgan fingerprint density at radius 1 is 1.44 bits per heavy atom. The molecule has 1 aliphatic heterocycles. The molecule has 1 aromatic heterocycles. The molecule has 0 spiro atoms. The van der Waals surface area contributed by atoms with Crippen LogP contribution in [0.2, 0.25) is 0 Å². The lowest BCUT2D eigenvalue weighted by Gasteiger charge is -2.32. The molecule has 1 saturated heterocycles. The van der Waals surface area contributed by atoms with Crippen LogP contribution in [0.25, 0.3) is 0 Å². The molecular weight excluding hydrogens is 268 g/mol. The molecule has 18 heavy (non-hydrogen) atoms. The van der Waals surface area contributed by atoms with Gasteiger partial charge in [0.15, 0.2) is 0 Å². The fraction of sp³-hybridized carbons (Fsp3) is 0.667. The van der Waals surface area contributed by atoms with Crippen LogP contribution in [0.4, 0.5) is 0 Å². The SMILES string of the molecule is CC(NC1CCN(S(C)(=O)=O)CC1)c1ccsc1. The zero-order chi connectivity index (χ0) is 13.2. The zero-order valence-electron chi connectivity index (χ0n) is 10.8. The minimum Gasteiger partial charge on any atom is -0.307 e. The summed E-state index contributed by atoms with van der Waals surface area (Å²) in [7, 11) is -3.01. The average Bonchev–Trinajstić information content (AvgIpc) is 2.82. The van der Waals surface area contributed by atoms with E-state index in [4.69, 9.17) is 0 Å². The topological polar surface area (TPSA) is 49.4 Å². The highest BCUT2D eigenvalue weighted by molar-refractivity contribution is 7.88. The molecule has 1 aromatic rings. The number of thiophene rings is 1. The summed E-state index contributed by atoms with van der Waals surface area (Å²) in [5.74, 6) is 0. The van der Waals surface area contributed by atoms with Gasteiger partial charge in [-0.25, -0.2) is 12.7 Å². The molecule has 0 aliphatic carbocycles. The number of nitrogens with one attached hydrogen (secondary N) is 1. The third kappa shape index (κ3) is 3.54. The van der Waals surface area contributed by atoms with Gasteiger partial charge in [-0.3, -0.25) is 0 Å². The standard InChI is InChI=1S/C12H20N2O2S2/c1-10(11-5-8-17-9-11)13-12-3-6-14(7-4-12)18(2,15)16/h5,8-10,12-13H,3-4,6-7H2,1-2H3. The Labute approximate surface area is 113 Å². The van der Waals surface area contributed by atoms with Gasteiger partial charge in [0.05, 0.1) is 6.26 Å². The maximum absolute atomic E-state index is 11.4. The van der Waals surface area contributed by atoms with E-state index in [1.807, 2.05) is 0 Å². The van der Waals surface area contributed by atoms with E-state index in [9.17, 15) is 8.42 Å². The summed E-state index contributed by atoms with van der Waals surface area (Å²) in [5, 5.41) is 7.82. The molecule has 0 aromatic carbocycles. The van der Waals surface area contributed by atoms with Crippen LogP contribution in [0.3, 0.4) is 0 Å². The lowest BCUT2D eigenvalue weighted by atomic mass is 10.0. The van der Waals surface area contributed by atoms with Crippen LogP contribution in [-0.4, -0.2) is 38.1 Å². The molecule has 0 bridgehead atoms. The summed E-state index contributed by atoms with van der Waals surface area (Å²) >= 11 is 1.71. The summed E-state index contributed by atoms with van der Waals surface area (Å²) in [6.45, 7) is 3.42. The van der Waals surface area contributed by atoms with Crippen LogP contribution in [0.15, 0.2) is 16.8 Å². The summed E-state index contributed by atoms with van der Waals surface area (Å²) < 4.78 is 24.4. The molecule has 0 radical (unpaired) electrons. The lowest BCUT2D eigenvalue weighted by Crippen LogP contribution is -2.45. The van der Waals surface area contributed by atoms with Gasteiger partial charge >= 0.3 is 0 Å². The number of nitrogens with zero attached hydrogens (tertiary/aromatic N) is 1. The second-order valence-corrected chi connectivity index (χ2v) is 7.64.